The van der Waals surface area contributed by atoms with Crippen LogP contribution in [-0.2, 0) is 38.5 Å². The minimum absolute atomic E-state index is 0.00178. The number of imidazole rings is 1. The number of nitrogens with zero attached hydrogens (tertiary/aromatic N) is 5. The van der Waals surface area contributed by atoms with Gasteiger partial charge >= 0.3 is 5.69 Å². The summed E-state index contributed by atoms with van der Waals surface area (Å²) in [4.78, 5) is 98.6. The van der Waals surface area contributed by atoms with Gasteiger partial charge in [-0.25, -0.2) is 13.2 Å². The van der Waals surface area contributed by atoms with Gasteiger partial charge in [-0.15, -0.1) is 0 Å². The molecule has 0 aliphatic carbocycles. The van der Waals surface area contributed by atoms with Crippen molar-refractivity contribution >= 4 is 62.2 Å². The Bertz CT molecular complexity index is 3170. The molecule has 406 valence electrons. The Morgan fingerprint density at radius 1 is 0.750 bits per heavy atom. The summed E-state index contributed by atoms with van der Waals surface area (Å²) in [5, 5.41) is 6.17. The first-order valence-electron chi connectivity index (χ1n) is 25.5. The maximum absolute atomic E-state index is 14.1. The first-order chi connectivity index (χ1) is 36.4. The molecule has 2 aliphatic heterocycles. The van der Waals surface area contributed by atoms with E-state index < -0.39 is 51.5 Å². The van der Waals surface area contributed by atoms with Crippen molar-refractivity contribution in [2.24, 2.45) is 14.1 Å². The van der Waals surface area contributed by atoms with E-state index in [1.54, 1.807) is 38.4 Å². The largest absolute Gasteiger partial charge is 0.493 e. The number of imide groups is 2. The predicted octanol–water partition coefficient (Wildman–Crippen LogP) is 6.29. The summed E-state index contributed by atoms with van der Waals surface area (Å²) < 4.78 is 52.2. The van der Waals surface area contributed by atoms with E-state index in [-0.39, 0.29) is 63.8 Å². The predicted molar refractivity (Wildman–Crippen MR) is 282 cm³/mol. The van der Waals surface area contributed by atoms with Crippen molar-refractivity contribution in [3.05, 3.63) is 100.0 Å². The standard InChI is InChI=1S/C54H66N8O13S/c1-7-27-72-37-30-38(73-28-15-14-25-58(3)4)32-39(31-37)74-47-34-45-44(59(5)54(69)60(45)6)33-42(47)57-76(70,71)40-19-16-18-36(29-40)50(65)55-24-12-10-8-9-11-13-26-61(35(2)63)75-46-21-17-20-41-49(46)53(68)62(52(41)67)43-22-23-48(64)56-51(43)66/h16-21,29-34,43,57H,7-15,22-28H2,1-6H3,(H,55,65)(H,56,64,66). The first kappa shape index (κ1) is 56.0. The van der Waals surface area contributed by atoms with Gasteiger partial charge in [0.25, 0.3) is 33.7 Å². The quantitative estimate of drug-likeness (QED) is 0.0297. The van der Waals surface area contributed by atoms with Crippen LogP contribution in [-0.4, -0.2) is 121 Å². The highest BCUT2D eigenvalue weighted by Gasteiger charge is 2.46. The van der Waals surface area contributed by atoms with E-state index in [0.717, 1.165) is 61.5 Å². The van der Waals surface area contributed by atoms with Crippen LogP contribution < -0.4 is 40.1 Å². The van der Waals surface area contributed by atoms with Crippen molar-refractivity contribution in [1.82, 2.24) is 34.6 Å². The zero-order chi connectivity index (χ0) is 54.7. The van der Waals surface area contributed by atoms with E-state index in [4.69, 9.17) is 19.0 Å². The molecule has 1 fully saturated rings. The topological polar surface area (TPSA) is 246 Å². The molecule has 22 heteroatoms. The molecule has 76 heavy (non-hydrogen) atoms. The fraction of sp³-hybridized carbons (Fsp3) is 0.426. The number of carbonyl (C=O) groups excluding carboxylic acids is 6. The van der Waals surface area contributed by atoms with E-state index in [0.29, 0.717) is 60.9 Å². The van der Waals surface area contributed by atoms with Crippen LogP contribution in [0.1, 0.15) is 116 Å². The zero-order valence-electron chi connectivity index (χ0n) is 43.8. The third kappa shape index (κ3) is 13.6. The van der Waals surface area contributed by atoms with Crippen molar-refractivity contribution in [1.29, 1.82) is 0 Å². The summed E-state index contributed by atoms with van der Waals surface area (Å²) in [5.41, 5.74) is 0.795. The highest BCUT2D eigenvalue weighted by Crippen LogP contribution is 2.39. The second-order valence-electron chi connectivity index (χ2n) is 19.0. The summed E-state index contributed by atoms with van der Waals surface area (Å²) in [6.45, 7) is 5.70. The summed E-state index contributed by atoms with van der Waals surface area (Å²) >= 11 is 0. The maximum atomic E-state index is 14.1. The van der Waals surface area contributed by atoms with Crippen LogP contribution in [0.3, 0.4) is 0 Å². The highest BCUT2D eigenvalue weighted by atomic mass is 32.2. The number of piperidine rings is 1. The van der Waals surface area contributed by atoms with Crippen molar-refractivity contribution in [3.8, 4) is 28.7 Å². The Hall–Kier alpha value is -7.72. The van der Waals surface area contributed by atoms with Crippen molar-refractivity contribution in [2.45, 2.75) is 95.4 Å². The van der Waals surface area contributed by atoms with E-state index in [1.807, 2.05) is 21.0 Å². The average molecular weight is 1070 g/mol. The molecular formula is C54H66N8O13S. The number of sulfonamides is 1. The van der Waals surface area contributed by atoms with Gasteiger partial charge in [0.15, 0.2) is 11.5 Å². The van der Waals surface area contributed by atoms with Gasteiger partial charge in [-0.05, 0) is 95.6 Å². The molecular weight excluding hydrogens is 1000 g/mol. The number of unbranched alkanes of at least 4 members (excludes halogenated alkanes) is 6. The molecule has 4 aromatic carbocycles. The molecule has 0 spiro atoms. The minimum atomic E-state index is -4.34. The number of carbonyl (C=O) groups is 6. The molecule has 3 heterocycles. The normalized spacial score (nSPS) is 14.5. The van der Waals surface area contributed by atoms with Crippen LogP contribution in [0.25, 0.3) is 11.0 Å². The SMILES string of the molecule is CCCOc1cc(OCCCCN(C)C)cc(Oc2cc3c(cc2NS(=O)(=O)c2cccc(C(=O)NCCCCCCCCN(Oc4cccc5c4C(=O)N(C4CCC(=O)NC4=O)C5=O)C(C)=O)c2)n(C)c(=O)n3C)c1. The van der Waals surface area contributed by atoms with Crippen LogP contribution >= 0.6 is 0 Å². The van der Waals surface area contributed by atoms with Crippen LogP contribution in [0, 0.1) is 0 Å². The van der Waals surface area contributed by atoms with Gasteiger partial charge in [0.05, 0.1) is 52.5 Å². The van der Waals surface area contributed by atoms with Gasteiger partial charge in [0.1, 0.15) is 23.3 Å². The zero-order valence-corrected chi connectivity index (χ0v) is 44.6. The lowest BCUT2D eigenvalue weighted by molar-refractivity contribution is -0.155. The summed E-state index contributed by atoms with van der Waals surface area (Å²) in [5.74, 6) is -2.06. The number of aromatic nitrogens is 2. The third-order valence-electron chi connectivity index (χ3n) is 12.9. The Morgan fingerprint density at radius 2 is 1.41 bits per heavy atom. The van der Waals surface area contributed by atoms with Gasteiger partial charge in [-0.1, -0.05) is 44.7 Å². The fourth-order valence-corrected chi connectivity index (χ4v) is 9.98. The van der Waals surface area contributed by atoms with E-state index in [2.05, 4.69) is 20.3 Å². The number of fused-ring (bicyclic) bond motifs is 2. The van der Waals surface area contributed by atoms with Crippen LogP contribution in [0.2, 0.25) is 0 Å². The summed E-state index contributed by atoms with van der Waals surface area (Å²) in [7, 11) is 2.89. The smallest absolute Gasteiger partial charge is 0.328 e. The van der Waals surface area contributed by atoms with Crippen LogP contribution in [0.5, 0.6) is 28.7 Å². The molecule has 0 saturated carbocycles. The second-order valence-corrected chi connectivity index (χ2v) is 20.7. The van der Waals surface area contributed by atoms with Crippen LogP contribution in [0.4, 0.5) is 5.69 Å². The van der Waals surface area contributed by atoms with Crippen LogP contribution in [0.15, 0.2) is 82.5 Å². The molecule has 5 aromatic rings. The first-order valence-corrected chi connectivity index (χ1v) is 27.0. The number of amides is 6. The number of ether oxygens (including phenoxy) is 3. The molecule has 2 aliphatic rings. The molecule has 6 amide bonds. The van der Waals surface area contributed by atoms with Crippen molar-refractivity contribution in [2.75, 3.05) is 51.7 Å². The third-order valence-corrected chi connectivity index (χ3v) is 14.3. The molecule has 21 nitrogen and oxygen atoms in total. The van der Waals surface area contributed by atoms with Gasteiger partial charge in [-0.3, -0.25) is 52.8 Å². The van der Waals surface area contributed by atoms with Crippen molar-refractivity contribution < 1.29 is 56.2 Å². The van der Waals surface area contributed by atoms with E-state index in [9.17, 15) is 42.0 Å². The number of hydrogen-bond donors (Lipinski definition) is 3. The molecule has 1 aromatic heterocycles. The molecule has 0 radical (unpaired) electrons. The Balaban J connectivity index is 0.913. The summed E-state index contributed by atoms with van der Waals surface area (Å²) in [6.07, 6.45) is 6.91. The minimum Gasteiger partial charge on any atom is -0.493 e. The highest BCUT2D eigenvalue weighted by molar-refractivity contribution is 7.92. The lowest BCUT2D eigenvalue weighted by atomic mass is 10.0. The number of aryl methyl sites for hydroxylation is 2. The molecule has 1 unspecified atom stereocenters. The number of nitrogens with one attached hydrogen (secondary N) is 3. The van der Waals surface area contributed by atoms with Gasteiger partial charge < -0.3 is 29.3 Å². The van der Waals surface area contributed by atoms with E-state index in [1.165, 1.54) is 64.6 Å². The molecule has 7 rings (SSSR count). The Morgan fingerprint density at radius 3 is 2.11 bits per heavy atom. The number of hydrogen-bond acceptors (Lipinski definition) is 14. The number of hydroxylamine groups is 2. The lowest BCUT2D eigenvalue weighted by Gasteiger charge is -2.28. The average Bonchev–Trinajstić information content (AvgIpc) is 3.76. The molecule has 1 saturated heterocycles. The summed E-state index contributed by atoms with van der Waals surface area (Å²) in [6, 6.07) is 17.3. The Labute approximate surface area is 441 Å². The Kier molecular flexibility index (Phi) is 18.6. The fourth-order valence-electron chi connectivity index (χ4n) is 8.87. The van der Waals surface area contributed by atoms with Gasteiger partial charge in [0.2, 0.25) is 11.8 Å². The van der Waals surface area contributed by atoms with Crippen molar-refractivity contribution in [3.63, 3.8) is 0 Å². The van der Waals surface area contributed by atoms with E-state index >= 15 is 0 Å². The maximum Gasteiger partial charge on any atom is 0.328 e. The molecule has 3 N–H and O–H groups in total. The second kappa shape index (κ2) is 25.2. The van der Waals surface area contributed by atoms with Gasteiger partial charge in [-0.2, -0.15) is 5.06 Å². The number of rotatable bonds is 27. The van der Waals surface area contributed by atoms with Gasteiger partial charge in [0, 0.05) is 63.8 Å². The lowest BCUT2D eigenvalue weighted by Crippen LogP contribution is -2.54. The monoisotopic (exact) mass is 1070 g/mol. The number of anilines is 1. The molecule has 1 atom stereocenters. The molecule has 0 bridgehead atoms. The number of benzene rings is 4.